The third-order valence-electron chi connectivity index (χ3n) is 12.0. The zero-order chi connectivity index (χ0) is 44.1. The number of amides is 1. The SMILES string of the molecule is CCCC/C=C/CCCC(O)C(O)C(COC1OC(CO)C(O)C(O)C1O)NC(=O)C(O)CCCCCCCCCCCC/C=C\CCCCCCCCCCCCCC. The molecule has 9 unspecified atom stereocenters. The van der Waals surface area contributed by atoms with E-state index in [1.54, 1.807) is 0 Å². The molecule has 0 radical (unpaired) electrons. The lowest BCUT2D eigenvalue weighted by Gasteiger charge is -2.40. The standard InChI is InChI=1S/C49H93NO10/c1-3-5-7-9-11-12-13-14-15-16-17-18-19-20-21-22-23-24-25-26-27-28-29-31-33-35-37-42(53)48(58)50-40(44(54)41(52)36-34-32-30-10-8-6-4-2)39-59-49-47(57)46(56)45(55)43(38-51)60-49/h10,20-21,30,40-47,49,51-57H,3-9,11-19,22-29,31-39H2,1-2H3,(H,50,58)/b21-20-,30-10+. The molecular weight excluding hydrogens is 763 g/mol. The van der Waals surface area contributed by atoms with E-state index in [9.17, 15) is 40.5 Å². The van der Waals surface area contributed by atoms with Gasteiger partial charge in [0.25, 0.3) is 0 Å². The summed E-state index contributed by atoms with van der Waals surface area (Å²) in [5.41, 5.74) is 0. The molecule has 1 aliphatic rings. The summed E-state index contributed by atoms with van der Waals surface area (Å²) in [5.74, 6) is -0.711. The molecule has 11 heteroatoms. The van der Waals surface area contributed by atoms with Gasteiger partial charge in [-0.15, -0.1) is 0 Å². The van der Waals surface area contributed by atoms with Crippen molar-refractivity contribution in [1.82, 2.24) is 5.32 Å². The topological polar surface area (TPSA) is 189 Å². The van der Waals surface area contributed by atoms with Crippen molar-refractivity contribution in [2.45, 2.75) is 268 Å². The molecule has 1 saturated heterocycles. The van der Waals surface area contributed by atoms with E-state index in [4.69, 9.17) is 9.47 Å². The molecule has 1 heterocycles. The van der Waals surface area contributed by atoms with Crippen molar-refractivity contribution in [3.63, 3.8) is 0 Å². The van der Waals surface area contributed by atoms with E-state index in [0.717, 1.165) is 44.9 Å². The minimum Gasteiger partial charge on any atom is -0.394 e. The number of hydrogen-bond acceptors (Lipinski definition) is 10. The van der Waals surface area contributed by atoms with E-state index in [0.29, 0.717) is 12.8 Å². The molecule has 9 atom stereocenters. The van der Waals surface area contributed by atoms with Crippen LogP contribution in [-0.2, 0) is 14.3 Å². The van der Waals surface area contributed by atoms with E-state index < -0.39 is 74.2 Å². The highest BCUT2D eigenvalue weighted by molar-refractivity contribution is 5.80. The van der Waals surface area contributed by atoms with E-state index in [2.05, 4.69) is 37.4 Å². The number of hydrogen-bond donors (Lipinski definition) is 8. The van der Waals surface area contributed by atoms with Crippen molar-refractivity contribution in [3.05, 3.63) is 24.3 Å². The molecule has 0 aromatic carbocycles. The number of rotatable bonds is 41. The minimum absolute atomic E-state index is 0.253. The van der Waals surface area contributed by atoms with Crippen LogP contribution < -0.4 is 5.32 Å². The molecule has 0 saturated carbocycles. The Morgan fingerprint density at radius 2 is 1.00 bits per heavy atom. The van der Waals surface area contributed by atoms with Crippen LogP contribution in [-0.4, -0.2) is 110 Å². The Labute approximate surface area is 365 Å². The summed E-state index contributed by atoms with van der Waals surface area (Å²) in [5, 5.41) is 75.3. The monoisotopic (exact) mass is 856 g/mol. The normalized spacial score (nSPS) is 21.8. The third kappa shape index (κ3) is 28.3. The number of unbranched alkanes of at least 4 members (excludes halogenated alkanes) is 25. The molecule has 0 aromatic heterocycles. The van der Waals surface area contributed by atoms with Gasteiger partial charge in [0.15, 0.2) is 6.29 Å². The number of nitrogens with one attached hydrogen (secondary N) is 1. The number of carbonyl (C=O) groups excluding carboxylic acids is 1. The third-order valence-corrected chi connectivity index (χ3v) is 12.0. The van der Waals surface area contributed by atoms with Gasteiger partial charge in [-0.1, -0.05) is 179 Å². The zero-order valence-corrected chi connectivity index (χ0v) is 38.2. The second-order valence-corrected chi connectivity index (χ2v) is 17.5. The number of allylic oxidation sites excluding steroid dienone is 4. The molecule has 0 aliphatic carbocycles. The van der Waals surface area contributed by atoms with E-state index >= 15 is 0 Å². The Hall–Kier alpha value is -1.41. The van der Waals surface area contributed by atoms with Crippen molar-refractivity contribution in [3.8, 4) is 0 Å². The van der Waals surface area contributed by atoms with Crippen molar-refractivity contribution < 1.29 is 50.0 Å². The van der Waals surface area contributed by atoms with Crippen molar-refractivity contribution >= 4 is 5.91 Å². The van der Waals surface area contributed by atoms with Crippen LogP contribution in [0.1, 0.15) is 213 Å². The maximum atomic E-state index is 13.0. The fourth-order valence-corrected chi connectivity index (χ4v) is 7.83. The molecule has 0 spiro atoms. The Morgan fingerprint density at radius 3 is 1.48 bits per heavy atom. The van der Waals surface area contributed by atoms with Crippen molar-refractivity contribution in [2.75, 3.05) is 13.2 Å². The summed E-state index contributed by atoms with van der Waals surface area (Å²) >= 11 is 0. The first-order chi connectivity index (χ1) is 29.2. The highest BCUT2D eigenvalue weighted by Gasteiger charge is 2.44. The van der Waals surface area contributed by atoms with Crippen LogP contribution >= 0.6 is 0 Å². The molecule has 0 aromatic rings. The maximum absolute atomic E-state index is 13.0. The number of aliphatic hydroxyl groups excluding tert-OH is 7. The van der Waals surface area contributed by atoms with E-state index in [1.807, 2.05) is 6.08 Å². The van der Waals surface area contributed by atoms with Gasteiger partial charge < -0.3 is 50.5 Å². The van der Waals surface area contributed by atoms with E-state index in [-0.39, 0.29) is 12.8 Å². The second kappa shape index (κ2) is 39.2. The predicted molar refractivity (Wildman–Crippen MR) is 242 cm³/mol. The lowest BCUT2D eigenvalue weighted by molar-refractivity contribution is -0.303. The summed E-state index contributed by atoms with van der Waals surface area (Å²) in [6, 6.07) is -1.18. The first-order valence-electron chi connectivity index (χ1n) is 24.7. The maximum Gasteiger partial charge on any atom is 0.249 e. The summed E-state index contributed by atoms with van der Waals surface area (Å²) in [7, 11) is 0. The zero-order valence-electron chi connectivity index (χ0n) is 38.2. The lowest BCUT2D eigenvalue weighted by Crippen LogP contribution is -2.60. The van der Waals surface area contributed by atoms with Gasteiger partial charge in [-0.2, -0.15) is 0 Å². The van der Waals surface area contributed by atoms with Crippen LogP contribution in [0, 0.1) is 0 Å². The van der Waals surface area contributed by atoms with Crippen LogP contribution in [0.5, 0.6) is 0 Å². The van der Waals surface area contributed by atoms with Crippen LogP contribution in [0.15, 0.2) is 24.3 Å². The average Bonchev–Trinajstić information content (AvgIpc) is 3.25. The molecule has 1 fully saturated rings. The smallest absolute Gasteiger partial charge is 0.249 e. The molecule has 1 amide bonds. The van der Waals surface area contributed by atoms with Gasteiger partial charge >= 0.3 is 0 Å². The molecule has 1 aliphatic heterocycles. The fraction of sp³-hybridized carbons (Fsp3) is 0.898. The van der Waals surface area contributed by atoms with Gasteiger partial charge in [-0.3, -0.25) is 4.79 Å². The predicted octanol–water partition coefficient (Wildman–Crippen LogP) is 8.62. The average molecular weight is 856 g/mol. The summed E-state index contributed by atoms with van der Waals surface area (Å²) in [6.07, 6.45) is 32.9. The molecule has 1 rings (SSSR count). The van der Waals surface area contributed by atoms with Gasteiger partial charge in [0.1, 0.15) is 36.6 Å². The quantitative estimate of drug-likeness (QED) is 0.0218. The Kier molecular flexibility index (Phi) is 37.0. The summed E-state index contributed by atoms with van der Waals surface area (Å²) in [4.78, 5) is 13.0. The molecule has 8 N–H and O–H groups in total. The molecule has 354 valence electrons. The summed E-state index contributed by atoms with van der Waals surface area (Å²) in [6.45, 7) is 3.34. The fourth-order valence-electron chi connectivity index (χ4n) is 7.83. The van der Waals surface area contributed by atoms with Crippen molar-refractivity contribution in [2.24, 2.45) is 0 Å². The van der Waals surface area contributed by atoms with Crippen LogP contribution in [0.25, 0.3) is 0 Å². The molecular formula is C49H93NO10. The molecule has 60 heavy (non-hydrogen) atoms. The Morgan fingerprint density at radius 1 is 0.567 bits per heavy atom. The van der Waals surface area contributed by atoms with Gasteiger partial charge in [-0.05, 0) is 57.8 Å². The first-order valence-corrected chi connectivity index (χ1v) is 24.7. The highest BCUT2D eigenvalue weighted by Crippen LogP contribution is 2.23. The van der Waals surface area contributed by atoms with Crippen LogP contribution in [0.2, 0.25) is 0 Å². The Bertz CT molecular complexity index is 1030. The van der Waals surface area contributed by atoms with Gasteiger partial charge in [-0.25, -0.2) is 0 Å². The number of aliphatic hydroxyl groups is 7. The Balaban J connectivity index is 2.24. The van der Waals surface area contributed by atoms with Gasteiger partial charge in [0.2, 0.25) is 5.91 Å². The molecule has 0 bridgehead atoms. The van der Waals surface area contributed by atoms with Crippen molar-refractivity contribution in [1.29, 1.82) is 0 Å². The minimum atomic E-state index is -1.66. The highest BCUT2D eigenvalue weighted by atomic mass is 16.7. The second-order valence-electron chi connectivity index (χ2n) is 17.5. The van der Waals surface area contributed by atoms with Gasteiger partial charge in [0.05, 0.1) is 25.4 Å². The number of carbonyl (C=O) groups is 1. The van der Waals surface area contributed by atoms with Crippen LogP contribution in [0.3, 0.4) is 0 Å². The van der Waals surface area contributed by atoms with Crippen LogP contribution in [0.4, 0.5) is 0 Å². The lowest BCUT2D eigenvalue weighted by atomic mass is 9.98. The number of ether oxygens (including phenoxy) is 2. The largest absolute Gasteiger partial charge is 0.394 e. The first kappa shape index (κ1) is 56.6. The van der Waals surface area contributed by atoms with Gasteiger partial charge in [0, 0.05) is 0 Å². The molecule has 11 nitrogen and oxygen atoms in total. The van der Waals surface area contributed by atoms with E-state index in [1.165, 1.54) is 128 Å². The summed E-state index contributed by atoms with van der Waals surface area (Å²) < 4.78 is 11.0.